The zero-order valence-corrected chi connectivity index (χ0v) is 19.4. The molecule has 9 heteroatoms. The van der Waals surface area contributed by atoms with Crippen molar-refractivity contribution < 1.29 is 23.9 Å². The number of amides is 3. The van der Waals surface area contributed by atoms with E-state index in [0.29, 0.717) is 29.4 Å². The van der Waals surface area contributed by atoms with Crippen LogP contribution in [-0.4, -0.2) is 37.1 Å². The smallest absolute Gasteiger partial charge is 0.329 e. The van der Waals surface area contributed by atoms with Crippen LogP contribution < -0.4 is 25.5 Å². The quantitative estimate of drug-likeness (QED) is 0.249. The van der Waals surface area contributed by atoms with Crippen LogP contribution in [0.5, 0.6) is 11.5 Å². The van der Waals surface area contributed by atoms with Gasteiger partial charge in [0.15, 0.2) is 6.61 Å². The number of hydrazone groups is 1. The number of benzene rings is 3. The molecule has 3 N–H and O–H groups in total. The number of rotatable bonds is 9. The maximum absolute atomic E-state index is 12.1. The zero-order chi connectivity index (χ0) is 25.0. The number of aryl methyl sites for hydroxylation is 1. The monoisotopic (exact) mass is 474 g/mol. The van der Waals surface area contributed by atoms with Gasteiger partial charge in [0, 0.05) is 5.69 Å². The highest BCUT2D eigenvalue weighted by Crippen LogP contribution is 2.23. The molecule has 0 aliphatic rings. The molecule has 3 rings (SSSR count). The summed E-state index contributed by atoms with van der Waals surface area (Å²) in [4.78, 5) is 36.2. The summed E-state index contributed by atoms with van der Waals surface area (Å²) in [7, 11) is 0. The van der Waals surface area contributed by atoms with Gasteiger partial charge in [0.25, 0.3) is 5.91 Å². The van der Waals surface area contributed by atoms with E-state index in [2.05, 4.69) is 21.2 Å². The minimum absolute atomic E-state index is 0.140. The summed E-state index contributed by atoms with van der Waals surface area (Å²) in [6.45, 7) is 4.02. The molecule has 0 radical (unpaired) electrons. The van der Waals surface area contributed by atoms with Crippen molar-refractivity contribution in [2.24, 2.45) is 5.10 Å². The van der Waals surface area contributed by atoms with Crippen LogP contribution in [0.15, 0.2) is 77.9 Å². The fourth-order valence-electron chi connectivity index (χ4n) is 2.95. The summed E-state index contributed by atoms with van der Waals surface area (Å²) >= 11 is 0. The van der Waals surface area contributed by atoms with E-state index in [9.17, 15) is 14.4 Å². The molecule has 0 saturated carbocycles. The van der Waals surface area contributed by atoms with Crippen molar-refractivity contribution in [1.29, 1.82) is 0 Å². The Morgan fingerprint density at radius 1 is 0.829 bits per heavy atom. The van der Waals surface area contributed by atoms with E-state index in [4.69, 9.17) is 9.47 Å². The number of nitrogens with one attached hydrogen (secondary N) is 3. The lowest BCUT2D eigenvalue weighted by Crippen LogP contribution is -2.32. The van der Waals surface area contributed by atoms with E-state index in [-0.39, 0.29) is 12.5 Å². The number of carbonyl (C=O) groups excluding carboxylic acids is 3. The molecule has 9 nitrogen and oxygen atoms in total. The SMILES string of the molecule is CCOc1ccccc1NC(=O)C(=O)N/N=C\c1ccc(OCC(=O)Nc2ccccc2C)cc1. The molecule has 0 bridgehead atoms. The van der Waals surface area contributed by atoms with Gasteiger partial charge in [-0.2, -0.15) is 5.10 Å². The van der Waals surface area contributed by atoms with Crippen LogP contribution >= 0.6 is 0 Å². The van der Waals surface area contributed by atoms with Gasteiger partial charge in [-0.3, -0.25) is 14.4 Å². The van der Waals surface area contributed by atoms with E-state index in [1.165, 1.54) is 6.21 Å². The molecule has 0 aliphatic carbocycles. The van der Waals surface area contributed by atoms with Crippen molar-refractivity contribution in [1.82, 2.24) is 5.43 Å². The number of hydrogen-bond donors (Lipinski definition) is 3. The molecule has 3 amide bonds. The third kappa shape index (κ3) is 7.71. The van der Waals surface area contributed by atoms with Gasteiger partial charge >= 0.3 is 11.8 Å². The second-order valence-corrected chi connectivity index (χ2v) is 7.30. The molecule has 0 heterocycles. The molecule has 0 unspecified atom stereocenters. The Bertz CT molecular complexity index is 1210. The third-order valence-electron chi connectivity index (χ3n) is 4.69. The average Bonchev–Trinajstić information content (AvgIpc) is 2.86. The Morgan fingerprint density at radius 3 is 2.23 bits per heavy atom. The number of ether oxygens (including phenoxy) is 2. The molecule has 3 aromatic carbocycles. The normalized spacial score (nSPS) is 10.5. The Morgan fingerprint density at radius 2 is 1.51 bits per heavy atom. The van der Waals surface area contributed by atoms with Crippen LogP contribution in [0.1, 0.15) is 18.1 Å². The predicted octanol–water partition coefficient (Wildman–Crippen LogP) is 3.50. The topological polar surface area (TPSA) is 118 Å². The molecule has 0 aromatic heterocycles. The second kappa shape index (κ2) is 12.5. The largest absolute Gasteiger partial charge is 0.492 e. The van der Waals surface area contributed by atoms with Crippen molar-refractivity contribution in [2.75, 3.05) is 23.8 Å². The van der Waals surface area contributed by atoms with Gasteiger partial charge in [0.1, 0.15) is 11.5 Å². The van der Waals surface area contributed by atoms with Gasteiger partial charge in [0.05, 0.1) is 18.5 Å². The van der Waals surface area contributed by atoms with Gasteiger partial charge in [-0.25, -0.2) is 5.43 Å². The highest BCUT2D eigenvalue weighted by Gasteiger charge is 2.15. The number of carbonyl (C=O) groups is 3. The first-order valence-electron chi connectivity index (χ1n) is 10.9. The van der Waals surface area contributed by atoms with Crippen molar-refractivity contribution in [3.63, 3.8) is 0 Å². The first-order chi connectivity index (χ1) is 17.0. The van der Waals surface area contributed by atoms with Crippen molar-refractivity contribution >= 4 is 35.3 Å². The van der Waals surface area contributed by atoms with Gasteiger partial charge < -0.3 is 20.1 Å². The second-order valence-electron chi connectivity index (χ2n) is 7.30. The zero-order valence-electron chi connectivity index (χ0n) is 19.4. The molecule has 0 fully saturated rings. The lowest BCUT2D eigenvalue weighted by atomic mass is 10.2. The van der Waals surface area contributed by atoms with Crippen LogP contribution in [0.25, 0.3) is 0 Å². The number of hydrogen-bond acceptors (Lipinski definition) is 6. The highest BCUT2D eigenvalue weighted by molar-refractivity contribution is 6.39. The fourth-order valence-corrected chi connectivity index (χ4v) is 2.95. The molecule has 0 atom stereocenters. The Balaban J connectivity index is 1.45. The Hall–Kier alpha value is -4.66. The minimum Gasteiger partial charge on any atom is -0.492 e. The summed E-state index contributed by atoms with van der Waals surface area (Å²) in [5, 5.41) is 9.09. The number of nitrogens with zero attached hydrogens (tertiary/aromatic N) is 1. The van der Waals surface area contributed by atoms with Crippen LogP contribution in [0.4, 0.5) is 11.4 Å². The van der Waals surface area contributed by atoms with E-state index >= 15 is 0 Å². The highest BCUT2D eigenvalue weighted by atomic mass is 16.5. The Kier molecular flexibility index (Phi) is 8.95. The molecule has 0 aliphatic heterocycles. The maximum Gasteiger partial charge on any atom is 0.329 e. The van der Waals surface area contributed by atoms with E-state index in [1.54, 1.807) is 48.5 Å². The molecule has 0 spiro atoms. The van der Waals surface area contributed by atoms with Crippen LogP contribution in [0.2, 0.25) is 0 Å². The molecule has 0 saturated heterocycles. The molecular formula is C26H26N4O5. The lowest BCUT2D eigenvalue weighted by molar-refractivity contribution is -0.136. The summed E-state index contributed by atoms with van der Waals surface area (Å²) in [6.07, 6.45) is 1.38. The summed E-state index contributed by atoms with van der Waals surface area (Å²) in [6, 6.07) is 21.0. The molecule has 35 heavy (non-hydrogen) atoms. The lowest BCUT2D eigenvalue weighted by Gasteiger charge is -2.10. The minimum atomic E-state index is -0.924. The first kappa shape index (κ1) is 25.0. The standard InChI is InChI=1S/C26H26N4O5/c1-3-34-23-11-7-6-10-22(23)29-25(32)26(33)30-27-16-19-12-14-20(15-13-19)35-17-24(31)28-21-9-5-4-8-18(21)2/h4-16H,3,17H2,1-2H3,(H,28,31)(H,29,32)(H,30,33)/b27-16-. The number of anilines is 2. The third-order valence-corrected chi connectivity index (χ3v) is 4.69. The number of para-hydroxylation sites is 3. The van der Waals surface area contributed by atoms with Crippen molar-refractivity contribution in [2.45, 2.75) is 13.8 Å². The summed E-state index contributed by atoms with van der Waals surface area (Å²) in [5.74, 6) is -1.10. The van der Waals surface area contributed by atoms with Gasteiger partial charge in [0.2, 0.25) is 0 Å². The van der Waals surface area contributed by atoms with Crippen LogP contribution in [0, 0.1) is 6.92 Å². The van der Waals surface area contributed by atoms with Gasteiger partial charge in [-0.15, -0.1) is 0 Å². The summed E-state index contributed by atoms with van der Waals surface area (Å²) < 4.78 is 10.9. The van der Waals surface area contributed by atoms with Crippen LogP contribution in [-0.2, 0) is 14.4 Å². The summed E-state index contributed by atoms with van der Waals surface area (Å²) in [5.41, 5.74) is 4.93. The maximum atomic E-state index is 12.1. The van der Waals surface area contributed by atoms with Crippen LogP contribution in [0.3, 0.4) is 0 Å². The van der Waals surface area contributed by atoms with Crippen molar-refractivity contribution in [3.8, 4) is 11.5 Å². The molecule has 3 aromatic rings. The fraction of sp³-hybridized carbons (Fsp3) is 0.154. The molecule has 180 valence electrons. The van der Waals surface area contributed by atoms with E-state index in [0.717, 1.165) is 11.3 Å². The average molecular weight is 475 g/mol. The van der Waals surface area contributed by atoms with E-state index < -0.39 is 11.8 Å². The van der Waals surface area contributed by atoms with E-state index in [1.807, 2.05) is 38.1 Å². The Labute approximate surface area is 203 Å². The van der Waals surface area contributed by atoms with Gasteiger partial charge in [-0.05, 0) is 67.4 Å². The first-order valence-corrected chi connectivity index (χ1v) is 10.9. The molecular weight excluding hydrogens is 448 g/mol. The predicted molar refractivity (Wildman–Crippen MR) is 134 cm³/mol. The van der Waals surface area contributed by atoms with Crippen molar-refractivity contribution in [3.05, 3.63) is 83.9 Å². The van der Waals surface area contributed by atoms with Gasteiger partial charge in [-0.1, -0.05) is 30.3 Å².